The first kappa shape index (κ1) is 23.3. The summed E-state index contributed by atoms with van der Waals surface area (Å²) in [5.41, 5.74) is 2.10. The van der Waals surface area contributed by atoms with Crippen LogP contribution in [-0.4, -0.2) is 49.6 Å². The highest BCUT2D eigenvalue weighted by Gasteiger charge is 2.30. The molecule has 0 spiro atoms. The second-order valence-corrected chi connectivity index (χ2v) is 7.94. The number of pyridine rings is 1. The number of carbonyl (C=O) groups is 2. The van der Waals surface area contributed by atoms with E-state index in [1.165, 1.54) is 19.6 Å². The quantitative estimate of drug-likeness (QED) is 0.458. The molecule has 9 nitrogen and oxygen atoms in total. The van der Waals surface area contributed by atoms with Crippen LogP contribution in [0.3, 0.4) is 0 Å². The van der Waals surface area contributed by atoms with Crippen LogP contribution < -0.4 is 10.6 Å². The second-order valence-electron chi connectivity index (χ2n) is 7.94. The fraction of sp³-hybridized carbons (Fsp3) is 0.364. The Labute approximate surface area is 192 Å². The Bertz CT molecular complexity index is 1190. The second kappa shape index (κ2) is 9.57. The lowest BCUT2D eigenvalue weighted by molar-refractivity contribution is -0.137. The van der Waals surface area contributed by atoms with Gasteiger partial charge in [0, 0.05) is 30.6 Å². The van der Waals surface area contributed by atoms with Crippen molar-refractivity contribution < 1.29 is 22.8 Å². The van der Waals surface area contributed by atoms with E-state index in [9.17, 15) is 22.8 Å². The molecule has 34 heavy (non-hydrogen) atoms. The lowest BCUT2D eigenvalue weighted by atomic mass is 10.0. The number of nitrogens with one attached hydrogen (secondary N) is 2. The van der Waals surface area contributed by atoms with Crippen molar-refractivity contribution in [1.82, 2.24) is 30.0 Å². The number of hydrogen-bond donors (Lipinski definition) is 2. The molecule has 1 aliphatic rings. The van der Waals surface area contributed by atoms with Crippen molar-refractivity contribution in [2.24, 2.45) is 0 Å². The number of carbonyl (C=O) groups excluding carboxylic acids is 2. The smallest absolute Gasteiger partial charge is 0.354 e. The summed E-state index contributed by atoms with van der Waals surface area (Å²) in [6.45, 7) is -0.531. The molecule has 4 rings (SSSR count). The molecular weight excluding hydrogens is 451 g/mol. The molecule has 2 N–H and O–H groups in total. The summed E-state index contributed by atoms with van der Waals surface area (Å²) in [6.07, 6.45) is 1.90. The maximum Gasteiger partial charge on any atom is 0.390 e. The van der Waals surface area contributed by atoms with Crippen LogP contribution in [0, 0.1) is 0 Å². The van der Waals surface area contributed by atoms with Gasteiger partial charge in [-0.3, -0.25) is 14.3 Å². The Morgan fingerprint density at radius 3 is 2.53 bits per heavy atom. The van der Waals surface area contributed by atoms with Crippen LogP contribution in [0.15, 0.2) is 37.1 Å². The highest BCUT2D eigenvalue weighted by molar-refractivity contribution is 6.03. The van der Waals surface area contributed by atoms with Gasteiger partial charge in [-0.25, -0.2) is 15.0 Å². The molecule has 1 amide bonds. The monoisotopic (exact) mass is 473 g/mol. The number of halogens is 3. The predicted octanol–water partition coefficient (Wildman–Crippen LogP) is 3.43. The fourth-order valence-corrected chi connectivity index (χ4v) is 3.51. The van der Waals surface area contributed by atoms with Crippen molar-refractivity contribution in [3.05, 3.63) is 59.7 Å². The molecule has 0 atom stereocenters. The molecule has 0 bridgehead atoms. The number of aryl methyl sites for hydroxylation is 1. The lowest BCUT2D eigenvalue weighted by Crippen LogP contribution is -2.25. The third-order valence-electron chi connectivity index (χ3n) is 5.33. The third kappa shape index (κ3) is 5.56. The molecule has 1 fully saturated rings. The SMILES string of the molecule is CNC(=O)c1c(CC(=O)c2nc(C3CC3)ccc2Nc2cncnc2)cnn1CCC(F)(F)F. The van der Waals surface area contributed by atoms with Gasteiger partial charge in [-0.2, -0.15) is 18.3 Å². The van der Waals surface area contributed by atoms with E-state index in [1.54, 1.807) is 18.5 Å². The lowest BCUT2D eigenvalue weighted by Gasteiger charge is -2.13. The van der Waals surface area contributed by atoms with Crippen molar-refractivity contribution in [3.8, 4) is 0 Å². The van der Waals surface area contributed by atoms with Crippen LogP contribution in [0.2, 0.25) is 0 Å². The summed E-state index contributed by atoms with van der Waals surface area (Å²) in [7, 11) is 1.36. The summed E-state index contributed by atoms with van der Waals surface area (Å²) in [5, 5.41) is 9.42. The van der Waals surface area contributed by atoms with E-state index in [-0.39, 0.29) is 23.4 Å². The van der Waals surface area contributed by atoms with Crippen LogP contribution in [0.1, 0.15) is 57.4 Å². The van der Waals surface area contributed by atoms with Crippen molar-refractivity contribution in [2.75, 3.05) is 12.4 Å². The first-order valence-corrected chi connectivity index (χ1v) is 10.6. The third-order valence-corrected chi connectivity index (χ3v) is 5.33. The van der Waals surface area contributed by atoms with E-state index in [4.69, 9.17) is 0 Å². The normalized spacial score (nSPS) is 13.5. The van der Waals surface area contributed by atoms with E-state index in [0.717, 1.165) is 23.2 Å². The van der Waals surface area contributed by atoms with Gasteiger partial charge in [0.15, 0.2) is 5.78 Å². The van der Waals surface area contributed by atoms with Crippen LogP contribution in [-0.2, 0) is 13.0 Å². The predicted molar refractivity (Wildman–Crippen MR) is 116 cm³/mol. The van der Waals surface area contributed by atoms with Gasteiger partial charge in [0.25, 0.3) is 5.91 Å². The van der Waals surface area contributed by atoms with Gasteiger partial charge < -0.3 is 10.6 Å². The molecule has 1 aliphatic carbocycles. The first-order chi connectivity index (χ1) is 16.2. The highest BCUT2D eigenvalue weighted by atomic mass is 19.4. The molecule has 3 heterocycles. The largest absolute Gasteiger partial charge is 0.390 e. The average molecular weight is 473 g/mol. The highest BCUT2D eigenvalue weighted by Crippen LogP contribution is 2.40. The number of amides is 1. The van der Waals surface area contributed by atoms with Crippen molar-refractivity contribution in [3.63, 3.8) is 0 Å². The number of nitrogens with zero attached hydrogens (tertiary/aromatic N) is 5. The van der Waals surface area contributed by atoms with Crippen LogP contribution in [0.4, 0.5) is 24.5 Å². The number of rotatable bonds is 9. The maximum absolute atomic E-state index is 13.3. The van der Waals surface area contributed by atoms with Crippen LogP contribution in [0.25, 0.3) is 0 Å². The molecular formula is C22H22F3N7O2. The molecule has 1 saturated carbocycles. The minimum absolute atomic E-state index is 0.0792. The Kier molecular flexibility index (Phi) is 6.57. The molecule has 178 valence electrons. The topological polar surface area (TPSA) is 115 Å². The van der Waals surface area contributed by atoms with Gasteiger partial charge >= 0.3 is 6.18 Å². The zero-order chi connectivity index (χ0) is 24.3. The zero-order valence-corrected chi connectivity index (χ0v) is 18.3. The average Bonchev–Trinajstić information content (AvgIpc) is 3.59. The maximum atomic E-state index is 13.3. The first-order valence-electron chi connectivity index (χ1n) is 10.6. The number of anilines is 2. The van der Waals surface area contributed by atoms with E-state index in [1.807, 2.05) is 6.07 Å². The van der Waals surface area contributed by atoms with Gasteiger partial charge in [0.1, 0.15) is 17.7 Å². The summed E-state index contributed by atoms with van der Waals surface area (Å²) in [6, 6.07) is 3.61. The van der Waals surface area contributed by atoms with E-state index >= 15 is 0 Å². The minimum Gasteiger partial charge on any atom is -0.354 e. The number of ketones is 1. The molecule has 0 unspecified atom stereocenters. The number of aromatic nitrogens is 5. The molecule has 0 radical (unpaired) electrons. The summed E-state index contributed by atoms with van der Waals surface area (Å²) in [4.78, 5) is 38.2. The molecule has 3 aromatic heterocycles. The van der Waals surface area contributed by atoms with Crippen LogP contribution >= 0.6 is 0 Å². The van der Waals surface area contributed by atoms with Gasteiger partial charge in [-0.1, -0.05) is 0 Å². The Morgan fingerprint density at radius 1 is 1.15 bits per heavy atom. The molecule has 0 aromatic carbocycles. The molecule has 0 aliphatic heterocycles. The van der Waals surface area contributed by atoms with Gasteiger partial charge in [-0.05, 0) is 25.0 Å². The van der Waals surface area contributed by atoms with Crippen molar-refractivity contribution in [2.45, 2.75) is 44.3 Å². The Morgan fingerprint density at radius 2 is 1.88 bits per heavy atom. The summed E-state index contributed by atoms with van der Waals surface area (Å²) >= 11 is 0. The van der Waals surface area contributed by atoms with Gasteiger partial charge in [0.2, 0.25) is 0 Å². The molecule has 0 saturated heterocycles. The van der Waals surface area contributed by atoms with E-state index in [0.29, 0.717) is 17.3 Å². The Hall–Kier alpha value is -3.83. The molecule has 3 aromatic rings. The number of Topliss-reactive ketones (excluding diaryl/α,β-unsaturated/α-hetero) is 1. The summed E-state index contributed by atoms with van der Waals surface area (Å²) in [5.74, 6) is -0.725. The van der Waals surface area contributed by atoms with E-state index in [2.05, 4.69) is 30.7 Å². The van der Waals surface area contributed by atoms with Crippen LogP contribution in [0.5, 0.6) is 0 Å². The fourth-order valence-electron chi connectivity index (χ4n) is 3.51. The van der Waals surface area contributed by atoms with E-state index < -0.39 is 30.8 Å². The Balaban J connectivity index is 1.63. The number of hydrogen-bond acceptors (Lipinski definition) is 7. The summed E-state index contributed by atoms with van der Waals surface area (Å²) < 4.78 is 39.1. The zero-order valence-electron chi connectivity index (χ0n) is 18.3. The van der Waals surface area contributed by atoms with Gasteiger partial charge in [-0.15, -0.1) is 0 Å². The standard InChI is InChI=1S/C22H22F3N7O2/c1-26-21(34)20-14(9-29-32(20)7-6-22(23,24)25)8-18(33)19-17(30-15-10-27-12-28-11-15)5-4-16(31-19)13-2-3-13/h4-5,9-13,30H,2-3,6-8H2,1H3,(H,26,34). The van der Waals surface area contributed by atoms with Gasteiger partial charge in [0.05, 0.1) is 42.9 Å². The van der Waals surface area contributed by atoms with Crippen molar-refractivity contribution in [1.29, 1.82) is 0 Å². The van der Waals surface area contributed by atoms with Crippen molar-refractivity contribution >= 4 is 23.1 Å². The molecule has 12 heteroatoms. The minimum atomic E-state index is -4.41. The number of alkyl halides is 3.